The van der Waals surface area contributed by atoms with E-state index in [4.69, 9.17) is 12.6 Å². The highest BCUT2D eigenvalue weighted by molar-refractivity contribution is 7.59. The zero-order chi connectivity index (χ0) is 9.28. The lowest BCUT2D eigenvalue weighted by atomic mass is 10.5. The highest BCUT2D eigenvalue weighted by Gasteiger charge is 1.89. The minimum atomic E-state index is -3.11. The van der Waals surface area contributed by atoms with Crippen LogP contribution in [-0.4, -0.2) is 37.2 Å². The summed E-state index contributed by atoms with van der Waals surface area (Å²) < 4.78 is 25.3. The van der Waals surface area contributed by atoms with Crippen molar-refractivity contribution in [1.29, 1.82) is 0 Å². The van der Waals surface area contributed by atoms with Crippen molar-refractivity contribution >= 4 is 10.6 Å². The molecule has 0 rings (SSSR count). The molecule has 11 heavy (non-hydrogen) atoms. The quantitative estimate of drug-likeness (QED) is 0.630. The van der Waals surface area contributed by atoms with E-state index in [2.05, 4.69) is 25.7 Å². The first-order chi connectivity index (χ1) is 5.08. The molecule has 0 aliphatic heterocycles. The van der Waals surface area contributed by atoms with Crippen LogP contribution in [0.4, 0.5) is 0 Å². The van der Waals surface area contributed by atoms with Gasteiger partial charge >= 0.3 is 10.6 Å². The van der Waals surface area contributed by atoms with Crippen LogP contribution >= 0.6 is 0 Å². The fraction of sp³-hybridized carbons (Fsp3) is 1.00. The molecule has 0 aromatic heterocycles. The normalized spacial score (nSPS) is 8.73. The van der Waals surface area contributed by atoms with Crippen molar-refractivity contribution in [3.63, 3.8) is 0 Å². The second-order valence-corrected chi connectivity index (χ2v) is 2.23. The van der Waals surface area contributed by atoms with Gasteiger partial charge in [0.05, 0.1) is 0 Å². The van der Waals surface area contributed by atoms with Crippen molar-refractivity contribution < 1.29 is 12.6 Å². The molecule has 0 N–H and O–H groups in total. The summed E-state index contributed by atoms with van der Waals surface area (Å²) in [4.78, 5) is 2.38. The van der Waals surface area contributed by atoms with E-state index in [1.54, 1.807) is 0 Å². The number of hydrogen-bond acceptors (Lipinski definition) is 4. The first-order valence-corrected chi connectivity index (χ1v) is 4.57. The maximum atomic E-state index is 8.44. The Hall–Kier alpha value is -0.420. The average molecular weight is 181 g/mol. The molecule has 4 nitrogen and oxygen atoms in total. The molecule has 0 saturated heterocycles. The summed E-state index contributed by atoms with van der Waals surface area (Å²) in [5, 5.41) is 0. The maximum absolute atomic E-state index is 8.44. The van der Waals surface area contributed by atoms with E-state index in [0.29, 0.717) is 0 Å². The molecular formula is C6H15NO3S. The van der Waals surface area contributed by atoms with E-state index in [-0.39, 0.29) is 0 Å². The summed E-state index contributed by atoms with van der Waals surface area (Å²) in [5.74, 6) is 0. The molecule has 0 aromatic rings. The molecule has 0 atom stereocenters. The molecular weight excluding hydrogens is 166 g/mol. The van der Waals surface area contributed by atoms with Gasteiger partial charge in [-0.2, -0.15) is 0 Å². The first-order valence-electron chi connectivity index (χ1n) is 3.57. The van der Waals surface area contributed by atoms with Gasteiger partial charge < -0.3 is 4.90 Å². The molecule has 5 heteroatoms. The van der Waals surface area contributed by atoms with Crippen molar-refractivity contribution in [3.8, 4) is 0 Å². The first kappa shape index (κ1) is 13.2. The molecule has 0 fully saturated rings. The van der Waals surface area contributed by atoms with Gasteiger partial charge in [-0.15, -0.1) is 12.6 Å². The lowest BCUT2D eigenvalue weighted by molar-refractivity contribution is 0.321. The number of hydrogen-bond donors (Lipinski definition) is 0. The van der Waals surface area contributed by atoms with Crippen LogP contribution in [0.2, 0.25) is 0 Å². The van der Waals surface area contributed by atoms with Crippen LogP contribution in [0.1, 0.15) is 20.8 Å². The van der Waals surface area contributed by atoms with Gasteiger partial charge in [-0.3, -0.25) is 0 Å². The Balaban J connectivity index is 0. The Morgan fingerprint density at radius 2 is 1.09 bits per heavy atom. The third-order valence-electron chi connectivity index (χ3n) is 1.34. The van der Waals surface area contributed by atoms with Gasteiger partial charge in [-0.1, -0.05) is 20.8 Å². The van der Waals surface area contributed by atoms with Gasteiger partial charge in [-0.05, 0) is 19.6 Å². The highest BCUT2D eigenvalue weighted by atomic mass is 32.2. The second-order valence-electron chi connectivity index (χ2n) is 1.82. The van der Waals surface area contributed by atoms with E-state index in [1.165, 1.54) is 19.6 Å². The van der Waals surface area contributed by atoms with Crippen molar-refractivity contribution in [1.82, 2.24) is 4.90 Å². The monoisotopic (exact) mass is 181 g/mol. The third-order valence-corrected chi connectivity index (χ3v) is 1.34. The minimum Gasteiger partial charge on any atom is -0.304 e. The summed E-state index contributed by atoms with van der Waals surface area (Å²) >= 11 is 0. The molecule has 0 bridgehead atoms. The Kier molecular flexibility index (Phi) is 11.5. The maximum Gasteiger partial charge on any atom is 0.425 e. The van der Waals surface area contributed by atoms with Gasteiger partial charge in [0, 0.05) is 0 Å². The highest BCUT2D eigenvalue weighted by Crippen LogP contribution is 1.81. The van der Waals surface area contributed by atoms with Gasteiger partial charge in [0.2, 0.25) is 0 Å². The molecule has 0 aliphatic rings. The van der Waals surface area contributed by atoms with Crippen molar-refractivity contribution in [2.24, 2.45) is 0 Å². The predicted octanol–water partition coefficient (Wildman–Crippen LogP) is 0.344. The van der Waals surface area contributed by atoms with Crippen LogP contribution in [-0.2, 0) is 10.6 Å². The van der Waals surface area contributed by atoms with Gasteiger partial charge in [-0.25, -0.2) is 0 Å². The third kappa shape index (κ3) is 17.7. The summed E-state index contributed by atoms with van der Waals surface area (Å²) in [6, 6.07) is 0. The van der Waals surface area contributed by atoms with E-state index in [1.807, 2.05) is 0 Å². The van der Waals surface area contributed by atoms with Crippen LogP contribution in [0.25, 0.3) is 0 Å². The lowest BCUT2D eigenvalue weighted by Crippen LogP contribution is -2.21. The largest absolute Gasteiger partial charge is 0.425 e. The van der Waals surface area contributed by atoms with E-state index in [9.17, 15) is 0 Å². The molecule has 0 heterocycles. The standard InChI is InChI=1S/C6H15N.O3S/c1-4-7(5-2)6-3;1-4(2)3/h4-6H2,1-3H3;. The molecule has 0 amide bonds. The Labute approximate surface area is 69.3 Å². The lowest BCUT2D eigenvalue weighted by Gasteiger charge is -2.13. The van der Waals surface area contributed by atoms with E-state index < -0.39 is 10.6 Å². The molecule has 0 radical (unpaired) electrons. The fourth-order valence-electron chi connectivity index (χ4n) is 0.671. The van der Waals surface area contributed by atoms with Crippen molar-refractivity contribution in [2.45, 2.75) is 20.8 Å². The smallest absolute Gasteiger partial charge is 0.304 e. The summed E-state index contributed by atoms with van der Waals surface area (Å²) in [5.41, 5.74) is 0. The van der Waals surface area contributed by atoms with Gasteiger partial charge in [0.15, 0.2) is 0 Å². The molecule has 0 unspecified atom stereocenters. The van der Waals surface area contributed by atoms with Crippen LogP contribution in [0.5, 0.6) is 0 Å². The molecule has 0 aliphatic carbocycles. The second kappa shape index (κ2) is 9.58. The fourth-order valence-corrected chi connectivity index (χ4v) is 0.671. The van der Waals surface area contributed by atoms with E-state index >= 15 is 0 Å². The summed E-state index contributed by atoms with van der Waals surface area (Å²) in [6.07, 6.45) is 0. The summed E-state index contributed by atoms with van der Waals surface area (Å²) in [6.45, 7) is 10.1. The van der Waals surface area contributed by atoms with E-state index in [0.717, 1.165) is 0 Å². The Morgan fingerprint density at radius 1 is 0.909 bits per heavy atom. The Morgan fingerprint density at radius 3 is 1.09 bits per heavy atom. The van der Waals surface area contributed by atoms with Crippen molar-refractivity contribution in [3.05, 3.63) is 0 Å². The SMILES string of the molecule is CCN(CC)CC.O=S(=O)=O. The minimum absolute atomic E-state index is 1.19. The zero-order valence-electron chi connectivity index (χ0n) is 7.20. The Bertz CT molecular complexity index is 145. The number of rotatable bonds is 3. The van der Waals surface area contributed by atoms with Crippen LogP contribution < -0.4 is 0 Å². The zero-order valence-corrected chi connectivity index (χ0v) is 8.02. The molecule has 68 valence electrons. The number of nitrogens with zero attached hydrogens (tertiary/aromatic N) is 1. The van der Waals surface area contributed by atoms with Crippen LogP contribution in [0.15, 0.2) is 0 Å². The molecule has 0 aromatic carbocycles. The van der Waals surface area contributed by atoms with Crippen LogP contribution in [0.3, 0.4) is 0 Å². The van der Waals surface area contributed by atoms with Crippen molar-refractivity contribution in [2.75, 3.05) is 19.6 Å². The molecule has 0 spiro atoms. The molecule has 0 saturated carbocycles. The average Bonchev–Trinajstić information content (AvgIpc) is 1.90. The van der Waals surface area contributed by atoms with Crippen LogP contribution in [0, 0.1) is 0 Å². The summed E-state index contributed by atoms with van der Waals surface area (Å²) in [7, 11) is -3.11. The van der Waals surface area contributed by atoms with Gasteiger partial charge in [0.25, 0.3) is 0 Å². The predicted molar refractivity (Wildman–Crippen MR) is 43.2 cm³/mol. The topological polar surface area (TPSA) is 54.5 Å². The van der Waals surface area contributed by atoms with Gasteiger partial charge in [0.1, 0.15) is 0 Å².